The fourth-order valence-electron chi connectivity index (χ4n) is 1.45. The Morgan fingerprint density at radius 3 is 3.06 bits per heavy atom. The maximum atomic E-state index is 8.67. The van der Waals surface area contributed by atoms with Gasteiger partial charge in [-0.05, 0) is 29.9 Å². The molecule has 18 heavy (non-hydrogen) atoms. The van der Waals surface area contributed by atoms with E-state index >= 15 is 0 Å². The Morgan fingerprint density at radius 2 is 2.28 bits per heavy atom. The SMILES string of the molecule is COCCCSCc1cccc(C#CCCO)c1. The molecule has 0 aromatic heterocycles. The smallest absolute Gasteiger partial charge is 0.0540 e. The maximum absolute atomic E-state index is 8.67. The van der Waals surface area contributed by atoms with Gasteiger partial charge in [-0.25, -0.2) is 0 Å². The number of aliphatic hydroxyl groups is 1. The summed E-state index contributed by atoms with van der Waals surface area (Å²) < 4.78 is 5.02. The average molecular weight is 264 g/mol. The van der Waals surface area contributed by atoms with Crippen molar-refractivity contribution in [2.45, 2.75) is 18.6 Å². The molecule has 0 radical (unpaired) electrons. The highest BCUT2D eigenvalue weighted by Gasteiger charge is 1.95. The van der Waals surface area contributed by atoms with Crippen LogP contribution in [0.1, 0.15) is 24.0 Å². The van der Waals surface area contributed by atoms with Crippen LogP contribution in [0.2, 0.25) is 0 Å². The van der Waals surface area contributed by atoms with Gasteiger partial charge in [-0.15, -0.1) is 0 Å². The molecule has 1 aromatic carbocycles. The number of thioether (sulfide) groups is 1. The van der Waals surface area contributed by atoms with Crippen molar-refractivity contribution in [1.82, 2.24) is 0 Å². The van der Waals surface area contributed by atoms with Gasteiger partial charge in [-0.3, -0.25) is 0 Å². The second-order valence-corrected chi connectivity index (χ2v) is 4.98. The lowest BCUT2D eigenvalue weighted by Gasteiger charge is -2.02. The van der Waals surface area contributed by atoms with E-state index in [0.717, 1.165) is 30.1 Å². The van der Waals surface area contributed by atoms with Crippen molar-refractivity contribution in [3.05, 3.63) is 35.4 Å². The van der Waals surface area contributed by atoms with Crippen molar-refractivity contribution in [1.29, 1.82) is 0 Å². The summed E-state index contributed by atoms with van der Waals surface area (Å²) in [5, 5.41) is 8.67. The molecule has 2 nitrogen and oxygen atoms in total. The monoisotopic (exact) mass is 264 g/mol. The zero-order chi connectivity index (χ0) is 13.1. The number of methoxy groups -OCH3 is 1. The van der Waals surface area contributed by atoms with Crippen molar-refractivity contribution in [3.63, 3.8) is 0 Å². The number of ether oxygens (including phenoxy) is 1. The number of benzene rings is 1. The number of hydrogen-bond donors (Lipinski definition) is 1. The Balaban J connectivity index is 2.38. The molecule has 0 spiro atoms. The first-order chi connectivity index (χ1) is 8.86. The van der Waals surface area contributed by atoms with Crippen molar-refractivity contribution in [3.8, 4) is 11.8 Å². The molecule has 0 atom stereocenters. The standard InChI is InChI=1S/C15H20O2S/c1-17-10-5-11-18-13-15-8-4-7-14(12-15)6-2-3-9-16/h4,7-8,12,16H,3,5,9-11,13H2,1H3. The van der Waals surface area contributed by atoms with Crippen molar-refractivity contribution >= 4 is 11.8 Å². The van der Waals surface area contributed by atoms with Gasteiger partial charge in [-0.1, -0.05) is 24.0 Å². The summed E-state index contributed by atoms with van der Waals surface area (Å²) in [6.45, 7) is 0.960. The number of hydrogen-bond acceptors (Lipinski definition) is 3. The highest BCUT2D eigenvalue weighted by Crippen LogP contribution is 2.14. The summed E-state index contributed by atoms with van der Waals surface area (Å²) in [6.07, 6.45) is 1.63. The van der Waals surface area contributed by atoms with Gasteiger partial charge in [-0.2, -0.15) is 11.8 Å². The van der Waals surface area contributed by atoms with E-state index in [-0.39, 0.29) is 6.61 Å². The average Bonchev–Trinajstić information content (AvgIpc) is 2.39. The van der Waals surface area contributed by atoms with Crippen LogP contribution in [0.15, 0.2) is 24.3 Å². The van der Waals surface area contributed by atoms with E-state index in [4.69, 9.17) is 9.84 Å². The van der Waals surface area contributed by atoms with E-state index < -0.39 is 0 Å². The summed E-state index contributed by atoms with van der Waals surface area (Å²) in [5.41, 5.74) is 2.33. The van der Waals surface area contributed by atoms with E-state index in [0.29, 0.717) is 6.42 Å². The summed E-state index contributed by atoms with van der Waals surface area (Å²) >= 11 is 1.92. The highest BCUT2D eigenvalue weighted by atomic mass is 32.2. The molecule has 1 aromatic rings. The molecule has 0 aliphatic rings. The Kier molecular flexibility index (Phi) is 8.41. The second kappa shape index (κ2) is 10.0. The molecule has 0 heterocycles. The third-order valence-corrected chi connectivity index (χ3v) is 3.42. The molecule has 98 valence electrons. The Morgan fingerprint density at radius 1 is 1.39 bits per heavy atom. The molecule has 0 saturated carbocycles. The van der Waals surface area contributed by atoms with Gasteiger partial charge in [0.1, 0.15) is 0 Å². The van der Waals surface area contributed by atoms with Crippen molar-refractivity contribution < 1.29 is 9.84 Å². The fraction of sp³-hybridized carbons (Fsp3) is 0.467. The largest absolute Gasteiger partial charge is 0.395 e. The van der Waals surface area contributed by atoms with Gasteiger partial charge in [0.25, 0.3) is 0 Å². The molecule has 3 heteroatoms. The first kappa shape index (κ1) is 15.1. The molecule has 1 rings (SSSR count). The van der Waals surface area contributed by atoms with Crippen LogP contribution in [-0.4, -0.2) is 31.2 Å². The minimum Gasteiger partial charge on any atom is -0.395 e. The molecule has 0 amide bonds. The third-order valence-electron chi connectivity index (χ3n) is 2.30. The minimum atomic E-state index is 0.127. The van der Waals surface area contributed by atoms with Gasteiger partial charge in [0.15, 0.2) is 0 Å². The quantitative estimate of drug-likeness (QED) is 0.606. The third kappa shape index (κ3) is 6.70. The minimum absolute atomic E-state index is 0.127. The van der Waals surface area contributed by atoms with Crippen LogP contribution in [0.3, 0.4) is 0 Å². The molecule has 0 aliphatic heterocycles. The predicted molar refractivity (Wildman–Crippen MR) is 77.7 cm³/mol. The first-order valence-corrected chi connectivity index (χ1v) is 7.27. The molecule has 0 unspecified atom stereocenters. The molecular formula is C15H20O2S. The molecule has 0 aliphatic carbocycles. The van der Waals surface area contributed by atoms with E-state index in [9.17, 15) is 0 Å². The molecule has 1 N–H and O–H groups in total. The van der Waals surface area contributed by atoms with Crippen LogP contribution in [0.5, 0.6) is 0 Å². The number of aliphatic hydroxyl groups excluding tert-OH is 1. The van der Waals surface area contributed by atoms with Crippen LogP contribution in [0.25, 0.3) is 0 Å². The fourth-order valence-corrected chi connectivity index (χ4v) is 2.34. The topological polar surface area (TPSA) is 29.5 Å². The Bertz CT molecular complexity index is 393. The van der Waals surface area contributed by atoms with Crippen LogP contribution in [-0.2, 0) is 10.5 Å². The highest BCUT2D eigenvalue weighted by molar-refractivity contribution is 7.98. The summed E-state index contributed by atoms with van der Waals surface area (Å²) in [6, 6.07) is 8.28. The maximum Gasteiger partial charge on any atom is 0.0540 e. The lowest BCUT2D eigenvalue weighted by molar-refractivity contribution is 0.200. The van der Waals surface area contributed by atoms with Gasteiger partial charge in [0.05, 0.1) is 6.61 Å². The molecular weight excluding hydrogens is 244 g/mol. The zero-order valence-corrected chi connectivity index (χ0v) is 11.6. The number of rotatable bonds is 7. The van der Waals surface area contributed by atoms with Crippen LogP contribution < -0.4 is 0 Å². The lowest BCUT2D eigenvalue weighted by atomic mass is 10.1. The predicted octanol–water partition coefficient (Wildman–Crippen LogP) is 2.69. The Labute approximate surface area is 114 Å². The van der Waals surface area contributed by atoms with Crippen molar-refractivity contribution in [2.24, 2.45) is 0 Å². The molecule has 0 bridgehead atoms. The summed E-state index contributed by atoms with van der Waals surface area (Å²) in [5.74, 6) is 8.13. The van der Waals surface area contributed by atoms with E-state index in [1.165, 1.54) is 5.56 Å². The summed E-state index contributed by atoms with van der Waals surface area (Å²) in [7, 11) is 1.74. The first-order valence-electron chi connectivity index (χ1n) is 6.12. The normalized spacial score (nSPS) is 9.89. The van der Waals surface area contributed by atoms with Gasteiger partial charge in [0.2, 0.25) is 0 Å². The van der Waals surface area contributed by atoms with Gasteiger partial charge < -0.3 is 9.84 Å². The van der Waals surface area contributed by atoms with E-state index in [2.05, 4.69) is 24.0 Å². The zero-order valence-electron chi connectivity index (χ0n) is 10.8. The second-order valence-electron chi connectivity index (χ2n) is 3.87. The van der Waals surface area contributed by atoms with Crippen LogP contribution >= 0.6 is 11.8 Å². The van der Waals surface area contributed by atoms with E-state index in [1.807, 2.05) is 23.9 Å². The van der Waals surface area contributed by atoms with Crippen molar-refractivity contribution in [2.75, 3.05) is 26.1 Å². The summed E-state index contributed by atoms with van der Waals surface area (Å²) in [4.78, 5) is 0. The van der Waals surface area contributed by atoms with Gasteiger partial charge in [0, 0.05) is 31.5 Å². The molecule has 0 fully saturated rings. The lowest BCUT2D eigenvalue weighted by Crippen LogP contribution is -1.91. The van der Waals surface area contributed by atoms with E-state index in [1.54, 1.807) is 7.11 Å². The van der Waals surface area contributed by atoms with Gasteiger partial charge >= 0.3 is 0 Å². The van der Waals surface area contributed by atoms with Crippen LogP contribution in [0.4, 0.5) is 0 Å². The Hall–Kier alpha value is -0.950. The van der Waals surface area contributed by atoms with Crippen LogP contribution in [0, 0.1) is 11.8 Å². The molecule has 0 saturated heterocycles.